The molecule has 0 saturated carbocycles. The fourth-order valence-electron chi connectivity index (χ4n) is 4.18. The van der Waals surface area contributed by atoms with Crippen LogP contribution in [0.5, 0.6) is 5.75 Å². The Morgan fingerprint density at radius 1 is 0.894 bits per heavy atom. The fourth-order valence-corrected chi connectivity index (χ4v) is 4.18. The molecule has 3 aromatic rings. The molecule has 47 heavy (non-hydrogen) atoms. The molecule has 0 aliphatic rings. The number of phenols is 1. The van der Waals surface area contributed by atoms with Crippen molar-refractivity contribution in [3.8, 4) is 5.75 Å². The minimum atomic E-state index is -0.223. The number of allylic oxidation sites excluding steroid dienone is 6. The molecule has 0 aromatic heterocycles. The van der Waals surface area contributed by atoms with E-state index < -0.39 is 0 Å². The molecule has 0 aliphatic heterocycles. The van der Waals surface area contributed by atoms with Crippen molar-refractivity contribution in [2.75, 3.05) is 13.6 Å². The highest BCUT2D eigenvalue weighted by molar-refractivity contribution is 5.99. The van der Waals surface area contributed by atoms with Crippen LogP contribution in [0.2, 0.25) is 0 Å². The molecule has 0 fully saturated rings. The lowest BCUT2D eigenvalue weighted by molar-refractivity contribution is 0.327. The van der Waals surface area contributed by atoms with Gasteiger partial charge in [0.25, 0.3) is 0 Å². The Morgan fingerprint density at radius 2 is 1.55 bits per heavy atom. The van der Waals surface area contributed by atoms with Crippen LogP contribution in [0.15, 0.2) is 101 Å². The topological polar surface area (TPSA) is 59.7 Å². The summed E-state index contributed by atoms with van der Waals surface area (Å²) in [5.41, 5.74) is 8.55. The van der Waals surface area contributed by atoms with Crippen LogP contribution in [0, 0.1) is 25.1 Å². The van der Waals surface area contributed by atoms with Crippen molar-refractivity contribution in [3.05, 3.63) is 130 Å². The zero-order valence-electron chi connectivity index (χ0n) is 30.9. The number of aromatic hydroxyl groups is 1. The van der Waals surface area contributed by atoms with E-state index in [1.54, 1.807) is 19.1 Å². The molecule has 0 bridgehead atoms. The summed E-state index contributed by atoms with van der Waals surface area (Å²) in [7, 11) is 2.16. The molecule has 256 valence electrons. The maximum absolute atomic E-state index is 13.4. The highest BCUT2D eigenvalue weighted by Crippen LogP contribution is 2.21. The summed E-state index contributed by atoms with van der Waals surface area (Å²) in [5, 5.41) is 16.8. The van der Waals surface area contributed by atoms with Crippen molar-refractivity contribution < 1.29 is 9.50 Å². The lowest BCUT2D eigenvalue weighted by Crippen LogP contribution is -2.18. The predicted molar refractivity (Wildman–Crippen MR) is 205 cm³/mol. The van der Waals surface area contributed by atoms with Crippen molar-refractivity contribution in [2.45, 2.75) is 95.0 Å². The van der Waals surface area contributed by atoms with Crippen LogP contribution in [0.3, 0.4) is 0 Å². The molecule has 2 N–H and O–H groups in total. The lowest BCUT2D eigenvalue weighted by Gasteiger charge is -2.14. The highest BCUT2D eigenvalue weighted by Gasteiger charge is 2.05. The van der Waals surface area contributed by atoms with Crippen molar-refractivity contribution in [2.24, 2.45) is 4.99 Å². The first-order chi connectivity index (χ1) is 22.4. The molecule has 0 amide bonds. The predicted octanol–water partition coefficient (Wildman–Crippen LogP) is 11.7. The quantitative estimate of drug-likeness (QED) is 0.162. The van der Waals surface area contributed by atoms with Gasteiger partial charge in [-0.2, -0.15) is 0 Å². The molecule has 0 atom stereocenters. The third-order valence-electron chi connectivity index (χ3n) is 7.27. The average molecular weight is 642 g/mol. The fraction of sp³-hybridized carbons (Fsp3) is 0.381. The Bertz CT molecular complexity index is 1450. The zero-order valence-corrected chi connectivity index (χ0v) is 30.9. The summed E-state index contributed by atoms with van der Waals surface area (Å²) in [6.07, 6.45) is 10.4. The molecule has 0 heterocycles. The number of hydrogen-bond acceptors (Lipinski definition) is 4. The molecule has 0 spiro atoms. The molecular weight excluding hydrogens is 581 g/mol. The Hall–Kier alpha value is -4.09. The Kier molecular flexibility index (Phi) is 22.9. The van der Waals surface area contributed by atoms with Gasteiger partial charge in [-0.05, 0) is 125 Å². The lowest BCUT2D eigenvalue weighted by atomic mass is 10.0. The van der Waals surface area contributed by atoms with Crippen molar-refractivity contribution in [1.82, 2.24) is 4.90 Å². The highest BCUT2D eigenvalue weighted by atomic mass is 19.1. The van der Waals surface area contributed by atoms with Gasteiger partial charge >= 0.3 is 0 Å². The number of aryl methyl sites for hydroxylation is 3. The molecule has 0 unspecified atom stereocenters. The van der Waals surface area contributed by atoms with E-state index in [9.17, 15) is 9.50 Å². The maximum atomic E-state index is 13.4. The van der Waals surface area contributed by atoms with Crippen LogP contribution in [-0.2, 0) is 13.0 Å². The van der Waals surface area contributed by atoms with E-state index in [2.05, 4.69) is 81.0 Å². The normalized spacial score (nSPS) is 11.9. The van der Waals surface area contributed by atoms with E-state index in [-0.39, 0.29) is 5.82 Å². The number of hydrogen-bond donors (Lipinski definition) is 2. The number of phenolic OH excluding ortho intramolecular Hbond substituents is 1. The molecule has 3 rings (SSSR count). The van der Waals surface area contributed by atoms with Gasteiger partial charge in [0.15, 0.2) is 0 Å². The third kappa shape index (κ3) is 18.0. The van der Waals surface area contributed by atoms with Crippen LogP contribution in [-0.4, -0.2) is 35.5 Å². The molecule has 0 saturated heterocycles. The van der Waals surface area contributed by atoms with E-state index >= 15 is 0 Å². The molecule has 0 aliphatic carbocycles. The third-order valence-corrected chi connectivity index (χ3v) is 7.27. The number of nitrogens with zero attached hydrogens (tertiary/aromatic N) is 2. The smallest absolute Gasteiger partial charge is 0.126 e. The van der Waals surface area contributed by atoms with Gasteiger partial charge in [-0.15, -0.1) is 0 Å². The number of halogens is 1. The summed E-state index contributed by atoms with van der Waals surface area (Å²) in [4.78, 5) is 6.83. The van der Waals surface area contributed by atoms with Crippen LogP contribution in [0.4, 0.5) is 4.39 Å². The van der Waals surface area contributed by atoms with Gasteiger partial charge in [0, 0.05) is 18.5 Å². The molecule has 3 aromatic carbocycles. The largest absolute Gasteiger partial charge is 0.508 e. The number of rotatable bonds is 11. The first-order valence-corrected chi connectivity index (χ1v) is 16.8. The minimum Gasteiger partial charge on any atom is -0.508 e. The van der Waals surface area contributed by atoms with Crippen LogP contribution in [0.25, 0.3) is 5.57 Å². The van der Waals surface area contributed by atoms with Crippen molar-refractivity contribution in [1.29, 1.82) is 5.41 Å². The Morgan fingerprint density at radius 3 is 2.09 bits per heavy atom. The van der Waals surface area contributed by atoms with Gasteiger partial charge in [-0.3, -0.25) is 4.99 Å². The number of benzene rings is 3. The van der Waals surface area contributed by atoms with E-state index in [1.807, 2.05) is 65.0 Å². The van der Waals surface area contributed by atoms with E-state index in [0.717, 1.165) is 41.8 Å². The SMILES string of the molecule is CC.CC/C(C)=C/C=C\C(C)=N/C(C=N)=C(\C)c1ccc(F)c(C)c1.CCCN(C)Cc1ccccc1.CCc1ccc(C)c(O)c1. The van der Waals surface area contributed by atoms with Gasteiger partial charge in [0.2, 0.25) is 0 Å². The van der Waals surface area contributed by atoms with Gasteiger partial charge in [-0.25, -0.2) is 4.39 Å². The van der Waals surface area contributed by atoms with Gasteiger partial charge in [-0.1, -0.05) is 101 Å². The van der Waals surface area contributed by atoms with Crippen molar-refractivity contribution in [3.63, 3.8) is 0 Å². The van der Waals surface area contributed by atoms with Crippen LogP contribution < -0.4 is 0 Å². The summed E-state index contributed by atoms with van der Waals surface area (Å²) >= 11 is 0. The second-order valence-corrected chi connectivity index (χ2v) is 11.3. The zero-order chi connectivity index (χ0) is 35.8. The van der Waals surface area contributed by atoms with Gasteiger partial charge in [0.05, 0.1) is 5.70 Å². The number of aliphatic imine (C=N–C) groups is 1. The van der Waals surface area contributed by atoms with Gasteiger partial charge < -0.3 is 15.4 Å². The van der Waals surface area contributed by atoms with Crippen molar-refractivity contribution >= 4 is 17.5 Å². The van der Waals surface area contributed by atoms with E-state index in [0.29, 0.717) is 17.0 Å². The van der Waals surface area contributed by atoms with Crippen LogP contribution >= 0.6 is 0 Å². The van der Waals surface area contributed by atoms with Gasteiger partial charge in [0.1, 0.15) is 11.6 Å². The van der Waals surface area contributed by atoms with Crippen LogP contribution in [0.1, 0.15) is 96.0 Å². The summed E-state index contributed by atoms with van der Waals surface area (Å²) in [6.45, 7) is 22.2. The minimum absolute atomic E-state index is 0.223. The molecule has 5 heteroatoms. The standard InChI is InChI=1S/C20H25FN2.C11H17N.C9H12O.C2H6/c1-6-14(2)8-7-9-16(4)23-20(13-22)17(5)18-10-11-19(21)15(3)12-18;1-3-9-12(2)10-11-7-5-4-6-8-11;1-3-8-5-4-7(2)9(10)6-8;1-2/h7-13,22H,6H2,1-5H3;4-8H,3,9-10H2,1-2H3;4-6,10H,3H2,1-2H3;1-2H3/b9-7-,14-8+,20-17+,22-13?,23-16-;;;. The number of nitrogens with one attached hydrogen (secondary N) is 1. The molecular formula is C42H60FN3O. The Balaban J connectivity index is 0.000000733. The van der Waals surface area contributed by atoms with E-state index in [1.165, 1.54) is 41.9 Å². The Labute approximate surface area is 286 Å². The average Bonchev–Trinajstić information content (AvgIpc) is 3.07. The first kappa shape index (κ1) is 42.9. The summed E-state index contributed by atoms with van der Waals surface area (Å²) in [6, 6.07) is 21.3. The molecule has 4 nitrogen and oxygen atoms in total. The second kappa shape index (κ2) is 25.1. The summed E-state index contributed by atoms with van der Waals surface area (Å²) < 4.78 is 13.4. The maximum Gasteiger partial charge on any atom is 0.126 e. The molecule has 0 radical (unpaired) electrons. The van der Waals surface area contributed by atoms with E-state index in [4.69, 9.17) is 5.41 Å². The first-order valence-electron chi connectivity index (χ1n) is 16.8. The monoisotopic (exact) mass is 641 g/mol. The summed E-state index contributed by atoms with van der Waals surface area (Å²) in [5.74, 6) is 0.179. The second-order valence-electron chi connectivity index (χ2n) is 11.3.